The average Bonchev–Trinajstić information content (AvgIpc) is 2.97. The van der Waals surface area contributed by atoms with Crippen LogP contribution in [0.5, 0.6) is 0 Å². The number of halogens is 1. The van der Waals surface area contributed by atoms with Crippen LogP contribution >= 0.6 is 11.6 Å². The summed E-state index contributed by atoms with van der Waals surface area (Å²) in [7, 11) is 1.93. The highest BCUT2D eigenvalue weighted by molar-refractivity contribution is 7.92. The Kier molecular flexibility index (Phi) is 4.54. The predicted molar refractivity (Wildman–Crippen MR) is 89.5 cm³/mol. The lowest BCUT2D eigenvalue weighted by atomic mass is 10.1. The highest BCUT2D eigenvalue weighted by atomic mass is 35.5. The number of nitrogens with one attached hydrogen (secondary N) is 2. The van der Waals surface area contributed by atoms with E-state index in [1.54, 1.807) is 18.3 Å². The molecular weight excluding hydrogens is 320 g/mol. The van der Waals surface area contributed by atoms with E-state index >= 15 is 0 Å². The topological polar surface area (TPSA) is 63.2 Å². The summed E-state index contributed by atoms with van der Waals surface area (Å²) in [5.41, 5.74) is 5.76. The smallest absolute Gasteiger partial charge is 0.179 e. The minimum Gasteiger partial charge on any atom is -0.588 e. The fourth-order valence-corrected chi connectivity index (χ4v) is 3.19. The van der Waals surface area contributed by atoms with Gasteiger partial charge in [-0.05, 0) is 23.8 Å². The largest absolute Gasteiger partial charge is 0.588 e. The highest BCUT2D eigenvalue weighted by Crippen LogP contribution is 2.27. The molecule has 1 aliphatic rings. The average molecular weight is 335 g/mol. The van der Waals surface area contributed by atoms with Gasteiger partial charge in [0, 0.05) is 31.6 Å². The molecular formula is C15H15ClN4OS. The Labute approximate surface area is 137 Å². The van der Waals surface area contributed by atoms with Gasteiger partial charge in [0.1, 0.15) is 17.0 Å². The van der Waals surface area contributed by atoms with Gasteiger partial charge in [-0.1, -0.05) is 29.8 Å². The molecule has 1 atom stereocenters. The van der Waals surface area contributed by atoms with E-state index in [9.17, 15) is 4.55 Å². The summed E-state index contributed by atoms with van der Waals surface area (Å²) in [4.78, 5) is 4.86. The summed E-state index contributed by atoms with van der Waals surface area (Å²) in [5, 5.41) is 2.19. The molecule has 22 heavy (non-hydrogen) atoms. The van der Waals surface area contributed by atoms with E-state index < -0.39 is 11.4 Å². The summed E-state index contributed by atoms with van der Waals surface area (Å²) >= 11 is 4.73. The minimum absolute atomic E-state index is 0.299. The van der Waals surface area contributed by atoms with Gasteiger partial charge in [0.25, 0.3) is 0 Å². The van der Waals surface area contributed by atoms with E-state index in [1.165, 1.54) is 0 Å². The third-order valence-corrected chi connectivity index (χ3v) is 4.65. The number of aromatic nitrogens is 1. The van der Waals surface area contributed by atoms with Crippen LogP contribution in [0, 0.1) is 0 Å². The van der Waals surface area contributed by atoms with Gasteiger partial charge in [-0.3, -0.25) is 0 Å². The van der Waals surface area contributed by atoms with Crippen LogP contribution in [0.15, 0.2) is 53.7 Å². The summed E-state index contributed by atoms with van der Waals surface area (Å²) in [5.74, 6) is 0. The van der Waals surface area contributed by atoms with Gasteiger partial charge in [-0.15, -0.1) is 0 Å². The van der Waals surface area contributed by atoms with Crippen molar-refractivity contribution >= 4 is 34.2 Å². The maximum Gasteiger partial charge on any atom is 0.179 e. The standard InChI is InChI=1S/C15H15ClN4OS/c1-20-10-12(9-18-20)11-7-14(15(16)17-8-11)19-22(21)13-5-3-2-4-6-13/h2-8,10,18-19H,9H2,1H3. The second-order valence-electron chi connectivity index (χ2n) is 4.85. The third kappa shape index (κ3) is 3.36. The van der Waals surface area contributed by atoms with Gasteiger partial charge in [0.15, 0.2) is 10.0 Å². The molecule has 114 valence electrons. The van der Waals surface area contributed by atoms with Crippen molar-refractivity contribution in [3.05, 3.63) is 59.5 Å². The lowest BCUT2D eigenvalue weighted by molar-refractivity contribution is 0.374. The SMILES string of the molecule is CN1C=C(c2cnc(Cl)c(N[S+]([O-])c3ccccc3)c2)CN1. The second-order valence-corrected chi connectivity index (χ2v) is 6.42. The molecule has 0 amide bonds. The number of anilines is 1. The van der Waals surface area contributed by atoms with Crippen LogP contribution in [0.25, 0.3) is 5.57 Å². The Morgan fingerprint density at radius 2 is 2.14 bits per heavy atom. The van der Waals surface area contributed by atoms with E-state index in [2.05, 4.69) is 15.1 Å². The summed E-state index contributed by atoms with van der Waals surface area (Å²) in [6, 6.07) is 11.0. The monoisotopic (exact) mass is 334 g/mol. The molecule has 2 aromatic rings. The molecule has 0 aliphatic carbocycles. The number of rotatable bonds is 4. The number of pyridine rings is 1. The molecule has 0 saturated carbocycles. The molecule has 0 bridgehead atoms. The van der Waals surface area contributed by atoms with Crippen LogP contribution in [0.4, 0.5) is 5.69 Å². The molecule has 7 heteroatoms. The zero-order valence-corrected chi connectivity index (χ0v) is 13.5. The van der Waals surface area contributed by atoms with Crippen LogP contribution in [0.1, 0.15) is 5.56 Å². The summed E-state index contributed by atoms with van der Waals surface area (Å²) in [6.45, 7) is 0.723. The lowest BCUT2D eigenvalue weighted by Gasteiger charge is -2.13. The zero-order valence-electron chi connectivity index (χ0n) is 11.9. The van der Waals surface area contributed by atoms with Crippen molar-refractivity contribution in [2.75, 3.05) is 18.3 Å². The molecule has 1 aromatic heterocycles. The summed E-state index contributed by atoms with van der Waals surface area (Å²) in [6.07, 6.45) is 3.70. The fraction of sp³-hybridized carbons (Fsp3) is 0.133. The van der Waals surface area contributed by atoms with Crippen molar-refractivity contribution in [2.24, 2.45) is 0 Å². The first-order chi connectivity index (χ1) is 10.6. The van der Waals surface area contributed by atoms with Crippen LogP contribution in [0.2, 0.25) is 5.15 Å². The maximum atomic E-state index is 12.3. The Bertz CT molecular complexity index is 695. The first kappa shape index (κ1) is 15.2. The molecule has 1 aromatic carbocycles. The maximum absolute atomic E-state index is 12.3. The Hall–Kier alpha value is -1.73. The highest BCUT2D eigenvalue weighted by Gasteiger charge is 2.17. The van der Waals surface area contributed by atoms with Gasteiger partial charge in [-0.2, -0.15) is 0 Å². The molecule has 0 radical (unpaired) electrons. The van der Waals surface area contributed by atoms with Crippen LogP contribution in [-0.4, -0.2) is 28.1 Å². The van der Waals surface area contributed by atoms with Crippen LogP contribution < -0.4 is 10.1 Å². The zero-order chi connectivity index (χ0) is 15.5. The number of nitrogens with zero attached hydrogens (tertiary/aromatic N) is 2. The lowest BCUT2D eigenvalue weighted by Crippen LogP contribution is -2.23. The van der Waals surface area contributed by atoms with E-state index in [-0.39, 0.29) is 0 Å². The molecule has 2 heterocycles. The molecule has 0 spiro atoms. The molecule has 0 fully saturated rings. The fourth-order valence-electron chi connectivity index (χ4n) is 2.11. The molecule has 1 unspecified atom stereocenters. The molecule has 3 rings (SSSR count). The first-order valence-electron chi connectivity index (χ1n) is 6.70. The van der Waals surface area contributed by atoms with Crippen molar-refractivity contribution in [3.8, 4) is 0 Å². The first-order valence-corrected chi connectivity index (χ1v) is 8.23. The quantitative estimate of drug-likeness (QED) is 0.665. The predicted octanol–water partition coefficient (Wildman–Crippen LogP) is 2.66. The van der Waals surface area contributed by atoms with E-state index in [4.69, 9.17) is 11.6 Å². The van der Waals surface area contributed by atoms with Gasteiger partial charge in [-0.25, -0.2) is 15.1 Å². The van der Waals surface area contributed by atoms with E-state index in [0.29, 0.717) is 15.7 Å². The minimum atomic E-state index is -1.38. The van der Waals surface area contributed by atoms with Crippen LogP contribution in [-0.2, 0) is 11.4 Å². The van der Waals surface area contributed by atoms with E-state index in [1.807, 2.05) is 42.5 Å². The molecule has 1 aliphatic heterocycles. The van der Waals surface area contributed by atoms with Gasteiger partial charge >= 0.3 is 0 Å². The van der Waals surface area contributed by atoms with Crippen molar-refractivity contribution < 1.29 is 4.55 Å². The number of hydrazine groups is 1. The van der Waals surface area contributed by atoms with Gasteiger partial charge < -0.3 is 9.56 Å². The number of benzene rings is 1. The second kappa shape index (κ2) is 6.58. The molecule has 5 nitrogen and oxygen atoms in total. The Morgan fingerprint density at radius 3 is 2.82 bits per heavy atom. The van der Waals surface area contributed by atoms with Gasteiger partial charge in [0.05, 0.1) is 0 Å². The third-order valence-electron chi connectivity index (χ3n) is 3.24. The number of hydrogen-bond acceptors (Lipinski definition) is 5. The van der Waals surface area contributed by atoms with Crippen molar-refractivity contribution in [1.29, 1.82) is 0 Å². The Balaban J connectivity index is 1.83. The van der Waals surface area contributed by atoms with Gasteiger partial charge in [0.2, 0.25) is 0 Å². The van der Waals surface area contributed by atoms with Crippen molar-refractivity contribution in [3.63, 3.8) is 0 Å². The Morgan fingerprint density at radius 1 is 1.36 bits per heavy atom. The molecule has 2 N–H and O–H groups in total. The number of hydrogen-bond donors (Lipinski definition) is 2. The van der Waals surface area contributed by atoms with Crippen LogP contribution in [0.3, 0.4) is 0 Å². The molecule has 0 saturated heterocycles. The summed E-state index contributed by atoms with van der Waals surface area (Å²) < 4.78 is 15.2. The van der Waals surface area contributed by atoms with Crippen molar-refractivity contribution in [2.45, 2.75) is 4.90 Å². The van der Waals surface area contributed by atoms with E-state index in [0.717, 1.165) is 17.7 Å². The van der Waals surface area contributed by atoms with Crippen molar-refractivity contribution in [1.82, 2.24) is 15.4 Å². The normalized spacial score (nSPS) is 15.6.